The Hall–Kier alpha value is -6.07. The number of carboxylic acids is 1. The standard InChI is InChI=1S/C27H16O11.CO2/c1-9(28)13-6-14-24(33)21-18(7-16(31)25(34)22(21)27(35)36)38-26(14)19(10(2)29)20(13)15-8-37-17-5-11(30)3-4-12(17)23(15)32;2-1-3/h3-8,30-31,34H,1-2H3,(H,35,36);. The number of carbonyl (C=O) groups is 3. The van der Waals surface area contributed by atoms with E-state index in [1.165, 1.54) is 18.2 Å². The molecule has 0 amide bonds. The fourth-order valence-corrected chi connectivity index (χ4v) is 4.52. The van der Waals surface area contributed by atoms with Gasteiger partial charge in [0.05, 0.1) is 27.3 Å². The highest BCUT2D eigenvalue weighted by Gasteiger charge is 2.29. The molecule has 0 radical (unpaired) electrons. The smallest absolute Gasteiger partial charge is 0.373 e. The fourth-order valence-electron chi connectivity index (χ4n) is 4.52. The van der Waals surface area contributed by atoms with E-state index in [-0.39, 0.29) is 56.1 Å². The number of ketones is 2. The van der Waals surface area contributed by atoms with Gasteiger partial charge in [0.15, 0.2) is 23.1 Å². The van der Waals surface area contributed by atoms with Gasteiger partial charge in [0.25, 0.3) is 0 Å². The number of rotatable bonds is 4. The number of aromatic carboxylic acids is 1. The van der Waals surface area contributed by atoms with Crippen molar-refractivity contribution >= 4 is 56.6 Å². The van der Waals surface area contributed by atoms with Gasteiger partial charge in [-0.1, -0.05) is 0 Å². The van der Waals surface area contributed by atoms with E-state index in [0.717, 1.165) is 32.2 Å². The number of carboxylic acid groups (broad SMARTS) is 1. The number of benzene rings is 3. The van der Waals surface area contributed by atoms with Crippen molar-refractivity contribution in [2.75, 3.05) is 0 Å². The molecule has 41 heavy (non-hydrogen) atoms. The third-order valence-corrected chi connectivity index (χ3v) is 6.18. The van der Waals surface area contributed by atoms with Crippen LogP contribution in [0.3, 0.4) is 0 Å². The Morgan fingerprint density at radius 3 is 2.07 bits per heavy atom. The molecule has 0 aliphatic rings. The molecule has 0 bridgehead atoms. The Bertz CT molecular complexity index is 2120. The van der Waals surface area contributed by atoms with Gasteiger partial charge in [-0.15, -0.1) is 0 Å². The molecule has 4 N–H and O–H groups in total. The normalized spacial score (nSPS) is 10.7. The van der Waals surface area contributed by atoms with Crippen molar-refractivity contribution in [2.24, 2.45) is 0 Å². The highest BCUT2D eigenvalue weighted by Crippen LogP contribution is 2.39. The van der Waals surface area contributed by atoms with E-state index in [4.69, 9.17) is 18.4 Å². The van der Waals surface area contributed by atoms with Crippen LogP contribution in [-0.4, -0.2) is 44.1 Å². The summed E-state index contributed by atoms with van der Waals surface area (Å²) in [6.45, 7) is 2.26. The molecule has 3 aromatic carbocycles. The van der Waals surface area contributed by atoms with Crippen molar-refractivity contribution in [2.45, 2.75) is 13.8 Å². The van der Waals surface area contributed by atoms with Crippen LogP contribution in [0, 0.1) is 0 Å². The Kier molecular flexibility index (Phi) is 6.98. The molecule has 0 fully saturated rings. The van der Waals surface area contributed by atoms with Crippen LogP contribution < -0.4 is 10.9 Å². The molecule has 0 spiro atoms. The van der Waals surface area contributed by atoms with Crippen molar-refractivity contribution in [3.8, 4) is 28.4 Å². The van der Waals surface area contributed by atoms with Crippen LogP contribution in [0.15, 0.2) is 55.0 Å². The summed E-state index contributed by atoms with van der Waals surface area (Å²) in [6, 6.07) is 5.66. The van der Waals surface area contributed by atoms with Crippen LogP contribution in [-0.2, 0) is 9.59 Å². The highest BCUT2D eigenvalue weighted by molar-refractivity contribution is 6.18. The summed E-state index contributed by atoms with van der Waals surface area (Å²) < 4.78 is 11.3. The minimum Gasteiger partial charge on any atom is -0.508 e. The van der Waals surface area contributed by atoms with E-state index in [0.29, 0.717) is 0 Å². The number of carbonyl (C=O) groups excluding carboxylic acids is 4. The van der Waals surface area contributed by atoms with Crippen molar-refractivity contribution in [1.82, 2.24) is 0 Å². The molecule has 0 saturated heterocycles. The van der Waals surface area contributed by atoms with E-state index < -0.39 is 56.4 Å². The Morgan fingerprint density at radius 1 is 0.829 bits per heavy atom. The molecule has 5 rings (SSSR count). The summed E-state index contributed by atoms with van der Waals surface area (Å²) in [5, 5.41) is 38.5. The third kappa shape index (κ3) is 4.47. The zero-order valence-electron chi connectivity index (χ0n) is 20.9. The lowest BCUT2D eigenvalue weighted by Crippen LogP contribution is -2.15. The molecule has 5 aromatic rings. The molecule has 0 atom stereocenters. The second-order valence-corrected chi connectivity index (χ2v) is 8.63. The summed E-state index contributed by atoms with van der Waals surface area (Å²) >= 11 is 0. The molecule has 0 unspecified atom stereocenters. The van der Waals surface area contributed by atoms with Crippen molar-refractivity contribution < 1.29 is 53.2 Å². The maximum Gasteiger partial charge on any atom is 0.373 e. The minimum atomic E-state index is -1.73. The van der Waals surface area contributed by atoms with Gasteiger partial charge in [-0.3, -0.25) is 19.2 Å². The van der Waals surface area contributed by atoms with Gasteiger partial charge in [0.2, 0.25) is 10.9 Å². The number of phenols is 3. The number of Topliss-reactive ketones (excluding diaryl/α,β-unsaturated/α-hetero) is 2. The lowest BCUT2D eigenvalue weighted by Gasteiger charge is -2.15. The molecule has 0 aliphatic heterocycles. The van der Waals surface area contributed by atoms with E-state index in [2.05, 4.69) is 0 Å². The van der Waals surface area contributed by atoms with Gasteiger partial charge in [0.1, 0.15) is 34.3 Å². The zero-order valence-corrected chi connectivity index (χ0v) is 20.9. The summed E-state index contributed by atoms with van der Waals surface area (Å²) in [7, 11) is 0. The van der Waals surface area contributed by atoms with Gasteiger partial charge >= 0.3 is 12.1 Å². The average Bonchev–Trinajstić information content (AvgIpc) is 2.89. The van der Waals surface area contributed by atoms with Crippen LogP contribution in [0.1, 0.15) is 44.9 Å². The van der Waals surface area contributed by atoms with Gasteiger partial charge < -0.3 is 29.3 Å². The minimum absolute atomic E-state index is 0.0378. The molecule has 0 aliphatic carbocycles. The summed E-state index contributed by atoms with van der Waals surface area (Å²) in [5.74, 6) is -5.18. The maximum atomic E-state index is 13.5. The largest absolute Gasteiger partial charge is 0.508 e. The molecular formula is C28H16O13. The maximum absolute atomic E-state index is 13.5. The number of hydrogen-bond acceptors (Lipinski definition) is 12. The highest BCUT2D eigenvalue weighted by atomic mass is 16.4. The average molecular weight is 560 g/mol. The third-order valence-electron chi connectivity index (χ3n) is 6.18. The lowest BCUT2D eigenvalue weighted by atomic mass is 9.88. The Labute approximate surface area is 226 Å². The SMILES string of the molecule is CC(=O)c1cc2c(=O)c3c(C(=O)O)c(O)c(O)cc3oc2c(C(C)=O)c1-c1coc2cc(O)ccc2c1=O.O=C=O. The van der Waals surface area contributed by atoms with E-state index in [9.17, 15) is 44.4 Å². The predicted octanol–water partition coefficient (Wildman–Crippen LogP) is 3.36. The molecule has 13 heteroatoms. The monoisotopic (exact) mass is 560 g/mol. The number of phenolic OH excluding ortho intramolecular Hbond substituents is 2. The quantitative estimate of drug-likeness (QED) is 0.141. The molecular weight excluding hydrogens is 544 g/mol. The lowest BCUT2D eigenvalue weighted by molar-refractivity contribution is -0.191. The first-order valence-electron chi connectivity index (χ1n) is 11.4. The number of aromatic hydroxyl groups is 3. The van der Waals surface area contributed by atoms with Crippen LogP contribution in [0.25, 0.3) is 44.0 Å². The second kappa shape index (κ2) is 10.2. The van der Waals surface area contributed by atoms with Crippen LogP contribution in [0.2, 0.25) is 0 Å². The van der Waals surface area contributed by atoms with Gasteiger partial charge in [-0.2, -0.15) is 9.59 Å². The first-order valence-corrected chi connectivity index (χ1v) is 11.4. The summed E-state index contributed by atoms with van der Waals surface area (Å²) in [5.41, 5.74) is -4.29. The van der Waals surface area contributed by atoms with Gasteiger partial charge in [-0.25, -0.2) is 4.79 Å². The summed E-state index contributed by atoms with van der Waals surface area (Å²) in [6.07, 6.45) is 1.26. The number of hydrogen-bond donors (Lipinski definition) is 4. The first-order chi connectivity index (χ1) is 19.3. The Morgan fingerprint density at radius 2 is 1.49 bits per heavy atom. The fraction of sp³-hybridized carbons (Fsp3) is 0.0714. The predicted molar refractivity (Wildman–Crippen MR) is 138 cm³/mol. The molecule has 2 heterocycles. The Balaban J connectivity index is 0.00000124. The summed E-state index contributed by atoms with van der Waals surface area (Å²) in [4.78, 5) is 80.7. The first kappa shape index (κ1) is 28.0. The van der Waals surface area contributed by atoms with Crippen LogP contribution >= 0.6 is 0 Å². The van der Waals surface area contributed by atoms with Crippen molar-refractivity contribution in [1.29, 1.82) is 0 Å². The number of fused-ring (bicyclic) bond motifs is 3. The van der Waals surface area contributed by atoms with Gasteiger partial charge in [0, 0.05) is 23.3 Å². The molecule has 2 aromatic heterocycles. The van der Waals surface area contributed by atoms with Crippen molar-refractivity contribution in [3.63, 3.8) is 0 Å². The van der Waals surface area contributed by atoms with Crippen molar-refractivity contribution in [3.05, 3.63) is 73.7 Å². The molecule has 0 saturated carbocycles. The van der Waals surface area contributed by atoms with E-state index >= 15 is 0 Å². The molecule has 13 nitrogen and oxygen atoms in total. The van der Waals surface area contributed by atoms with E-state index in [1.54, 1.807) is 0 Å². The van der Waals surface area contributed by atoms with Gasteiger partial charge in [-0.05, 0) is 32.0 Å². The molecule has 206 valence electrons. The van der Waals surface area contributed by atoms with Crippen LogP contribution in [0.4, 0.5) is 0 Å². The second-order valence-electron chi connectivity index (χ2n) is 8.63. The van der Waals surface area contributed by atoms with Crippen LogP contribution in [0.5, 0.6) is 17.2 Å². The topological polar surface area (TPSA) is 227 Å². The van der Waals surface area contributed by atoms with E-state index in [1.807, 2.05) is 0 Å². The zero-order chi connectivity index (χ0) is 30.3.